The second kappa shape index (κ2) is 2.69. The molecule has 0 unspecified atom stereocenters. The molecule has 0 aliphatic heterocycles. The zero-order valence-electron chi connectivity index (χ0n) is 7.10. The van der Waals surface area contributed by atoms with E-state index in [1.165, 1.54) is 13.0 Å². The number of nitrogens with one attached hydrogen (secondary N) is 1. The van der Waals surface area contributed by atoms with Crippen LogP contribution >= 0.6 is 0 Å². The summed E-state index contributed by atoms with van der Waals surface area (Å²) >= 11 is 0. The van der Waals surface area contributed by atoms with Crippen molar-refractivity contribution in [1.29, 1.82) is 0 Å². The zero-order valence-corrected chi connectivity index (χ0v) is 7.10. The number of ketones is 1. The van der Waals surface area contributed by atoms with Gasteiger partial charge in [0.15, 0.2) is 5.78 Å². The second-order valence-electron chi connectivity index (χ2n) is 2.92. The number of hydrogen-bond acceptors (Lipinski definition) is 1. The average Bonchev–Trinajstić information content (AvgIpc) is 2.52. The van der Waals surface area contributed by atoms with E-state index in [1.54, 1.807) is 18.3 Å². The van der Waals surface area contributed by atoms with Crippen LogP contribution in [0.5, 0.6) is 0 Å². The first kappa shape index (κ1) is 7.98. The van der Waals surface area contributed by atoms with Crippen LogP contribution in [0.25, 0.3) is 10.9 Å². The lowest BCUT2D eigenvalue weighted by Gasteiger charge is -1.98. The quantitative estimate of drug-likeness (QED) is 0.667. The van der Waals surface area contributed by atoms with Crippen LogP contribution in [0.4, 0.5) is 4.39 Å². The molecule has 66 valence electrons. The SMILES string of the molecule is CC(=O)c1ccc2[nH]ccc2c1F. The summed E-state index contributed by atoms with van der Waals surface area (Å²) < 4.78 is 13.5. The van der Waals surface area contributed by atoms with E-state index in [0.29, 0.717) is 10.9 Å². The predicted octanol–water partition coefficient (Wildman–Crippen LogP) is 2.51. The standard InChI is InChI=1S/C10H8FNO/c1-6(13)7-2-3-9-8(10(7)11)4-5-12-9/h2-5,12H,1H3. The summed E-state index contributed by atoms with van der Waals surface area (Å²) in [5, 5.41) is 0.465. The topological polar surface area (TPSA) is 32.9 Å². The number of aromatic amines is 1. The van der Waals surface area contributed by atoms with Gasteiger partial charge in [0, 0.05) is 17.1 Å². The molecule has 2 nitrogen and oxygen atoms in total. The second-order valence-corrected chi connectivity index (χ2v) is 2.92. The Morgan fingerprint density at radius 3 is 2.85 bits per heavy atom. The highest BCUT2D eigenvalue weighted by atomic mass is 19.1. The monoisotopic (exact) mass is 177 g/mol. The molecule has 0 saturated heterocycles. The maximum atomic E-state index is 13.5. The largest absolute Gasteiger partial charge is 0.361 e. The minimum absolute atomic E-state index is 0.145. The summed E-state index contributed by atoms with van der Waals surface area (Å²) in [6.07, 6.45) is 1.65. The molecular weight excluding hydrogens is 169 g/mol. The maximum absolute atomic E-state index is 13.5. The number of carbonyl (C=O) groups is 1. The maximum Gasteiger partial charge on any atom is 0.162 e. The van der Waals surface area contributed by atoms with Crippen molar-refractivity contribution in [2.24, 2.45) is 0 Å². The van der Waals surface area contributed by atoms with Gasteiger partial charge in [-0.25, -0.2) is 4.39 Å². The van der Waals surface area contributed by atoms with E-state index in [9.17, 15) is 9.18 Å². The smallest absolute Gasteiger partial charge is 0.162 e. The average molecular weight is 177 g/mol. The molecule has 0 aliphatic rings. The summed E-state index contributed by atoms with van der Waals surface area (Å²) in [6.45, 7) is 1.36. The van der Waals surface area contributed by atoms with Gasteiger partial charge in [0.05, 0.1) is 5.56 Å². The molecule has 0 fully saturated rings. The van der Waals surface area contributed by atoms with Crippen molar-refractivity contribution < 1.29 is 9.18 Å². The normalized spacial score (nSPS) is 10.6. The van der Waals surface area contributed by atoms with Gasteiger partial charge in [0.1, 0.15) is 5.82 Å². The van der Waals surface area contributed by atoms with Crippen molar-refractivity contribution in [3.8, 4) is 0 Å². The fourth-order valence-corrected chi connectivity index (χ4v) is 1.37. The number of halogens is 1. The van der Waals surface area contributed by atoms with Crippen LogP contribution < -0.4 is 0 Å². The summed E-state index contributed by atoms with van der Waals surface area (Å²) in [7, 11) is 0. The van der Waals surface area contributed by atoms with E-state index >= 15 is 0 Å². The zero-order chi connectivity index (χ0) is 9.42. The van der Waals surface area contributed by atoms with Crippen molar-refractivity contribution in [3.63, 3.8) is 0 Å². The molecule has 0 bridgehead atoms. The number of rotatable bonds is 1. The predicted molar refractivity (Wildman–Crippen MR) is 48.3 cm³/mol. The Bertz CT molecular complexity index is 473. The lowest BCUT2D eigenvalue weighted by atomic mass is 10.1. The highest BCUT2D eigenvalue weighted by molar-refractivity contribution is 5.98. The van der Waals surface area contributed by atoms with E-state index in [4.69, 9.17) is 0 Å². The van der Waals surface area contributed by atoms with Crippen molar-refractivity contribution in [2.75, 3.05) is 0 Å². The van der Waals surface area contributed by atoms with Gasteiger partial charge in [-0.15, -0.1) is 0 Å². The minimum Gasteiger partial charge on any atom is -0.361 e. The molecule has 1 N–H and O–H groups in total. The third-order valence-electron chi connectivity index (χ3n) is 2.05. The van der Waals surface area contributed by atoms with E-state index in [1.807, 2.05) is 0 Å². The molecular formula is C10H8FNO. The number of hydrogen-bond donors (Lipinski definition) is 1. The Morgan fingerprint density at radius 2 is 2.15 bits per heavy atom. The molecule has 0 amide bonds. The van der Waals surface area contributed by atoms with Crippen LogP contribution in [-0.2, 0) is 0 Å². The number of carbonyl (C=O) groups excluding carboxylic acids is 1. The van der Waals surface area contributed by atoms with E-state index in [-0.39, 0.29) is 11.3 Å². The van der Waals surface area contributed by atoms with Gasteiger partial charge >= 0.3 is 0 Å². The van der Waals surface area contributed by atoms with Crippen molar-refractivity contribution in [1.82, 2.24) is 4.98 Å². The van der Waals surface area contributed by atoms with Crippen LogP contribution in [0, 0.1) is 5.82 Å². The molecule has 1 aromatic carbocycles. The third kappa shape index (κ3) is 1.13. The van der Waals surface area contributed by atoms with Crippen molar-refractivity contribution in [2.45, 2.75) is 6.92 Å². The van der Waals surface area contributed by atoms with Crippen LogP contribution in [0.3, 0.4) is 0 Å². The van der Waals surface area contributed by atoms with Gasteiger partial charge in [-0.1, -0.05) is 0 Å². The number of fused-ring (bicyclic) bond motifs is 1. The van der Waals surface area contributed by atoms with Gasteiger partial charge in [-0.3, -0.25) is 4.79 Å². The number of H-pyrrole nitrogens is 1. The number of aromatic nitrogens is 1. The van der Waals surface area contributed by atoms with E-state index in [0.717, 1.165) is 0 Å². The highest BCUT2D eigenvalue weighted by Crippen LogP contribution is 2.19. The molecule has 0 atom stereocenters. The highest BCUT2D eigenvalue weighted by Gasteiger charge is 2.10. The summed E-state index contributed by atoms with van der Waals surface area (Å²) in [6, 6.07) is 4.82. The summed E-state index contributed by atoms with van der Waals surface area (Å²) in [5.74, 6) is -0.688. The Morgan fingerprint density at radius 1 is 1.38 bits per heavy atom. The van der Waals surface area contributed by atoms with Crippen molar-refractivity contribution >= 4 is 16.7 Å². The van der Waals surface area contributed by atoms with Gasteiger partial charge in [0.2, 0.25) is 0 Å². The Kier molecular flexibility index (Phi) is 1.65. The summed E-state index contributed by atoms with van der Waals surface area (Å²) in [5.41, 5.74) is 0.856. The lowest BCUT2D eigenvalue weighted by Crippen LogP contribution is -1.96. The Hall–Kier alpha value is -1.64. The summed E-state index contributed by atoms with van der Waals surface area (Å²) in [4.78, 5) is 13.9. The number of Topliss-reactive ketones (excluding diaryl/α,β-unsaturated/α-hetero) is 1. The van der Waals surface area contributed by atoms with Gasteiger partial charge in [-0.2, -0.15) is 0 Å². The van der Waals surface area contributed by atoms with Gasteiger partial charge in [0.25, 0.3) is 0 Å². The van der Waals surface area contributed by atoms with Crippen LogP contribution in [0.15, 0.2) is 24.4 Å². The fraction of sp³-hybridized carbons (Fsp3) is 0.100. The minimum atomic E-state index is -0.439. The van der Waals surface area contributed by atoms with Gasteiger partial charge < -0.3 is 4.98 Å². The van der Waals surface area contributed by atoms with E-state index in [2.05, 4.69) is 4.98 Å². The molecule has 0 aliphatic carbocycles. The number of benzene rings is 1. The molecule has 2 aromatic rings. The van der Waals surface area contributed by atoms with Crippen molar-refractivity contribution in [3.05, 3.63) is 35.8 Å². The first-order valence-corrected chi connectivity index (χ1v) is 3.96. The van der Waals surface area contributed by atoms with Crippen LogP contribution in [0.1, 0.15) is 17.3 Å². The first-order valence-electron chi connectivity index (χ1n) is 3.96. The molecule has 1 aromatic heterocycles. The van der Waals surface area contributed by atoms with Crippen LogP contribution in [0.2, 0.25) is 0 Å². The molecule has 0 spiro atoms. The fourth-order valence-electron chi connectivity index (χ4n) is 1.37. The molecule has 1 heterocycles. The van der Waals surface area contributed by atoms with Crippen LogP contribution in [-0.4, -0.2) is 10.8 Å². The molecule has 0 radical (unpaired) electrons. The molecule has 3 heteroatoms. The Labute approximate surface area is 74.4 Å². The lowest BCUT2D eigenvalue weighted by molar-refractivity contribution is 0.101. The van der Waals surface area contributed by atoms with Gasteiger partial charge in [-0.05, 0) is 25.1 Å². The first-order chi connectivity index (χ1) is 6.20. The molecule has 0 saturated carbocycles. The molecule has 2 rings (SSSR count). The molecule has 13 heavy (non-hydrogen) atoms. The third-order valence-corrected chi connectivity index (χ3v) is 2.05. The van der Waals surface area contributed by atoms with E-state index < -0.39 is 5.82 Å². The Balaban J connectivity index is 2.80.